The highest BCUT2D eigenvalue weighted by molar-refractivity contribution is 6.33. The third-order valence-electron chi connectivity index (χ3n) is 2.68. The van der Waals surface area contributed by atoms with Crippen LogP contribution in [0.2, 0.25) is 5.02 Å². The first-order chi connectivity index (χ1) is 8.65. The van der Waals surface area contributed by atoms with Crippen LogP contribution in [0.1, 0.15) is 0 Å². The fraction of sp³-hybridized carbons (Fsp3) is 0.417. The Balaban J connectivity index is 1.90. The number of benzene rings is 1. The second kappa shape index (κ2) is 6.13. The van der Waals surface area contributed by atoms with Gasteiger partial charge in [0, 0.05) is 13.1 Å². The topological polar surface area (TPSA) is 41.6 Å². The highest BCUT2D eigenvalue weighted by atomic mass is 35.5. The van der Waals surface area contributed by atoms with Crippen LogP contribution in [0.15, 0.2) is 18.2 Å². The zero-order valence-corrected chi connectivity index (χ0v) is 10.5. The van der Waals surface area contributed by atoms with Crippen molar-refractivity contribution in [2.24, 2.45) is 0 Å². The number of halogens is 2. The molecular weight excluding hydrogens is 259 g/mol. The molecule has 1 aliphatic rings. The maximum atomic E-state index is 12.8. The smallest absolute Gasteiger partial charge is 0.238 e. The summed E-state index contributed by atoms with van der Waals surface area (Å²) in [6.07, 6.45) is 0. The maximum Gasteiger partial charge on any atom is 0.238 e. The van der Waals surface area contributed by atoms with E-state index in [1.807, 2.05) is 4.90 Å². The summed E-state index contributed by atoms with van der Waals surface area (Å²) in [5.74, 6) is -0.586. The number of hydrogen-bond acceptors (Lipinski definition) is 3. The molecule has 0 unspecified atom stereocenters. The van der Waals surface area contributed by atoms with Crippen LogP contribution in [0, 0.1) is 5.82 Å². The van der Waals surface area contributed by atoms with Crippen LogP contribution in [-0.2, 0) is 9.53 Å². The van der Waals surface area contributed by atoms with Crippen LogP contribution in [0.3, 0.4) is 0 Å². The Morgan fingerprint density at radius 3 is 2.83 bits per heavy atom. The molecule has 0 spiro atoms. The number of hydrogen-bond donors (Lipinski definition) is 1. The SMILES string of the molecule is O=C(CN1CCOCC1)Nc1ccc(F)cc1Cl. The average molecular weight is 273 g/mol. The third-order valence-corrected chi connectivity index (χ3v) is 2.99. The van der Waals surface area contributed by atoms with E-state index in [0.29, 0.717) is 18.9 Å². The van der Waals surface area contributed by atoms with Gasteiger partial charge in [0.1, 0.15) is 5.82 Å². The molecule has 6 heteroatoms. The van der Waals surface area contributed by atoms with E-state index < -0.39 is 5.82 Å². The Bertz CT molecular complexity index is 436. The van der Waals surface area contributed by atoms with Gasteiger partial charge in [0.05, 0.1) is 30.5 Å². The van der Waals surface area contributed by atoms with E-state index in [0.717, 1.165) is 13.1 Å². The average Bonchev–Trinajstić information content (AvgIpc) is 2.34. The second-order valence-electron chi connectivity index (χ2n) is 4.06. The lowest BCUT2D eigenvalue weighted by Crippen LogP contribution is -2.41. The first-order valence-electron chi connectivity index (χ1n) is 5.70. The van der Waals surface area contributed by atoms with Crippen molar-refractivity contribution in [2.75, 3.05) is 38.2 Å². The van der Waals surface area contributed by atoms with Crippen LogP contribution in [0.4, 0.5) is 10.1 Å². The van der Waals surface area contributed by atoms with Gasteiger partial charge in [0.25, 0.3) is 0 Å². The summed E-state index contributed by atoms with van der Waals surface area (Å²) < 4.78 is 18.0. The molecule has 0 saturated carbocycles. The lowest BCUT2D eigenvalue weighted by Gasteiger charge is -2.25. The minimum absolute atomic E-state index is 0.162. The summed E-state index contributed by atoms with van der Waals surface area (Å²) in [6.45, 7) is 3.06. The predicted molar refractivity (Wildman–Crippen MR) is 67.3 cm³/mol. The molecule has 0 aromatic heterocycles. The lowest BCUT2D eigenvalue weighted by atomic mass is 10.3. The van der Waals surface area contributed by atoms with Gasteiger partial charge in [0.2, 0.25) is 5.91 Å². The molecule has 0 atom stereocenters. The predicted octanol–water partition coefficient (Wildman–Crippen LogP) is 1.75. The zero-order valence-electron chi connectivity index (χ0n) is 9.79. The minimum atomic E-state index is -0.425. The molecule has 4 nitrogen and oxygen atoms in total. The largest absolute Gasteiger partial charge is 0.379 e. The quantitative estimate of drug-likeness (QED) is 0.911. The number of morpholine rings is 1. The van der Waals surface area contributed by atoms with Gasteiger partial charge >= 0.3 is 0 Å². The number of rotatable bonds is 3. The zero-order chi connectivity index (χ0) is 13.0. The summed E-state index contributed by atoms with van der Waals surface area (Å²) in [6, 6.07) is 3.89. The molecular formula is C12H14ClFN2O2. The lowest BCUT2D eigenvalue weighted by molar-refractivity contribution is -0.118. The highest BCUT2D eigenvalue weighted by Gasteiger charge is 2.14. The van der Waals surface area contributed by atoms with E-state index in [4.69, 9.17) is 16.3 Å². The highest BCUT2D eigenvalue weighted by Crippen LogP contribution is 2.22. The number of carbonyl (C=O) groups is 1. The van der Waals surface area contributed by atoms with Crippen molar-refractivity contribution in [3.05, 3.63) is 29.0 Å². The van der Waals surface area contributed by atoms with Crippen molar-refractivity contribution in [3.63, 3.8) is 0 Å². The number of amides is 1. The van der Waals surface area contributed by atoms with Crippen LogP contribution >= 0.6 is 11.6 Å². The van der Waals surface area contributed by atoms with Crippen molar-refractivity contribution in [1.29, 1.82) is 0 Å². The van der Waals surface area contributed by atoms with E-state index in [1.54, 1.807) is 0 Å². The number of nitrogens with one attached hydrogen (secondary N) is 1. The molecule has 0 radical (unpaired) electrons. The standard InChI is InChI=1S/C12H14ClFN2O2/c13-10-7-9(14)1-2-11(10)15-12(17)8-16-3-5-18-6-4-16/h1-2,7H,3-6,8H2,(H,15,17). The van der Waals surface area contributed by atoms with E-state index in [-0.39, 0.29) is 17.5 Å². The molecule has 1 aromatic carbocycles. The van der Waals surface area contributed by atoms with E-state index in [9.17, 15) is 9.18 Å². The molecule has 1 aromatic rings. The second-order valence-corrected chi connectivity index (χ2v) is 4.47. The van der Waals surface area contributed by atoms with Crippen molar-refractivity contribution in [2.45, 2.75) is 0 Å². The van der Waals surface area contributed by atoms with E-state index >= 15 is 0 Å². The summed E-state index contributed by atoms with van der Waals surface area (Å²) in [5, 5.41) is 2.86. The molecule has 1 aliphatic heterocycles. The molecule has 0 bridgehead atoms. The summed E-state index contributed by atoms with van der Waals surface area (Å²) in [5.41, 5.74) is 0.427. The van der Waals surface area contributed by atoms with Crippen LogP contribution in [0.5, 0.6) is 0 Å². The molecule has 2 rings (SSSR count). The van der Waals surface area contributed by atoms with Gasteiger partial charge in [-0.1, -0.05) is 11.6 Å². The van der Waals surface area contributed by atoms with Gasteiger partial charge in [-0.2, -0.15) is 0 Å². The van der Waals surface area contributed by atoms with Crippen molar-refractivity contribution in [1.82, 2.24) is 4.90 Å². The Hall–Kier alpha value is -1.17. The number of nitrogens with zero attached hydrogens (tertiary/aromatic N) is 1. The molecule has 1 N–H and O–H groups in total. The van der Waals surface area contributed by atoms with Crippen LogP contribution in [0.25, 0.3) is 0 Å². The normalized spacial score (nSPS) is 16.6. The van der Waals surface area contributed by atoms with Crippen molar-refractivity contribution >= 4 is 23.2 Å². The van der Waals surface area contributed by atoms with Crippen molar-refractivity contribution in [3.8, 4) is 0 Å². The van der Waals surface area contributed by atoms with Crippen molar-refractivity contribution < 1.29 is 13.9 Å². The molecule has 1 saturated heterocycles. The fourth-order valence-electron chi connectivity index (χ4n) is 1.74. The van der Waals surface area contributed by atoms with E-state index in [1.165, 1.54) is 18.2 Å². The third kappa shape index (κ3) is 3.66. The minimum Gasteiger partial charge on any atom is -0.379 e. The summed E-state index contributed by atoms with van der Waals surface area (Å²) >= 11 is 5.83. The number of carbonyl (C=O) groups excluding carboxylic acids is 1. The van der Waals surface area contributed by atoms with Gasteiger partial charge in [0.15, 0.2) is 0 Å². The molecule has 98 valence electrons. The first-order valence-corrected chi connectivity index (χ1v) is 6.08. The van der Waals surface area contributed by atoms with Crippen LogP contribution in [-0.4, -0.2) is 43.7 Å². The monoisotopic (exact) mass is 272 g/mol. The summed E-state index contributed by atoms with van der Waals surface area (Å²) in [7, 11) is 0. The molecule has 18 heavy (non-hydrogen) atoms. The van der Waals surface area contributed by atoms with Gasteiger partial charge in [-0.15, -0.1) is 0 Å². The maximum absolute atomic E-state index is 12.8. The Labute approximate surface area is 110 Å². The van der Waals surface area contributed by atoms with Gasteiger partial charge in [-0.05, 0) is 18.2 Å². The molecule has 1 amide bonds. The van der Waals surface area contributed by atoms with Gasteiger partial charge in [-0.3, -0.25) is 9.69 Å². The van der Waals surface area contributed by atoms with Crippen LogP contribution < -0.4 is 5.32 Å². The van der Waals surface area contributed by atoms with Gasteiger partial charge in [-0.25, -0.2) is 4.39 Å². The number of anilines is 1. The Morgan fingerprint density at radius 1 is 1.44 bits per heavy atom. The molecule has 0 aliphatic carbocycles. The Kier molecular flexibility index (Phi) is 4.52. The van der Waals surface area contributed by atoms with Gasteiger partial charge < -0.3 is 10.1 Å². The molecule has 1 fully saturated rings. The Morgan fingerprint density at radius 2 is 2.17 bits per heavy atom. The molecule has 1 heterocycles. The summed E-state index contributed by atoms with van der Waals surface area (Å²) in [4.78, 5) is 13.8. The van der Waals surface area contributed by atoms with E-state index in [2.05, 4.69) is 5.32 Å². The first kappa shape index (κ1) is 13.3. The number of ether oxygens (including phenoxy) is 1. The fourth-order valence-corrected chi connectivity index (χ4v) is 1.96.